The van der Waals surface area contributed by atoms with Gasteiger partial charge in [0.25, 0.3) is 0 Å². The molecule has 0 aromatic carbocycles. The molecule has 2 rings (SSSR count). The second-order valence-corrected chi connectivity index (χ2v) is 4.04. The van der Waals surface area contributed by atoms with Gasteiger partial charge in [-0.3, -0.25) is 5.10 Å². The van der Waals surface area contributed by atoms with Crippen LogP contribution >= 0.6 is 11.8 Å². The van der Waals surface area contributed by atoms with E-state index in [2.05, 4.69) is 15.2 Å². The van der Waals surface area contributed by atoms with Crippen molar-refractivity contribution in [2.75, 3.05) is 19.0 Å². The molecule has 0 saturated carbocycles. The highest BCUT2D eigenvalue weighted by Crippen LogP contribution is 2.16. The van der Waals surface area contributed by atoms with Crippen molar-refractivity contribution in [1.82, 2.24) is 15.2 Å². The van der Waals surface area contributed by atoms with E-state index in [0.717, 1.165) is 37.0 Å². The fraction of sp³-hybridized carbons (Fsp3) is 0.750. The minimum Gasteiger partial charge on any atom is -0.353 e. The fourth-order valence-corrected chi connectivity index (χ4v) is 1.96. The van der Waals surface area contributed by atoms with Gasteiger partial charge in [-0.1, -0.05) is 11.8 Å². The molecule has 5 nitrogen and oxygen atoms in total. The Morgan fingerprint density at radius 1 is 1.50 bits per heavy atom. The highest BCUT2D eigenvalue weighted by atomic mass is 32.2. The first-order valence-electron chi connectivity index (χ1n) is 4.66. The Morgan fingerprint density at radius 2 is 2.36 bits per heavy atom. The van der Waals surface area contributed by atoms with Crippen LogP contribution in [0.3, 0.4) is 0 Å². The molecule has 0 atom stereocenters. The summed E-state index contributed by atoms with van der Waals surface area (Å²) in [7, 11) is 0. The topological polar surface area (TPSA) is 60.0 Å². The molecule has 0 radical (unpaired) electrons. The van der Waals surface area contributed by atoms with Crippen LogP contribution in [0.2, 0.25) is 0 Å². The lowest BCUT2D eigenvalue weighted by Gasteiger charge is -2.22. The van der Waals surface area contributed by atoms with Crippen LogP contribution in [0.25, 0.3) is 0 Å². The average molecular weight is 215 g/mol. The van der Waals surface area contributed by atoms with Gasteiger partial charge in [-0.05, 0) is 6.42 Å². The maximum atomic E-state index is 5.42. The standard InChI is InChI=1S/C8H13N3O2S/c1-3-12-7(13-4-1)2-5-14-8-9-6-10-11-8/h6-7H,1-5H2,(H,9,10,11). The van der Waals surface area contributed by atoms with Gasteiger partial charge in [-0.15, -0.1) is 0 Å². The van der Waals surface area contributed by atoms with E-state index in [0.29, 0.717) is 0 Å². The lowest BCUT2D eigenvalue weighted by atomic mass is 10.4. The number of thioether (sulfide) groups is 1. The van der Waals surface area contributed by atoms with Crippen LogP contribution in [0.4, 0.5) is 0 Å². The van der Waals surface area contributed by atoms with Gasteiger partial charge >= 0.3 is 0 Å². The number of aromatic nitrogens is 3. The Hall–Kier alpha value is -0.590. The molecule has 0 aliphatic carbocycles. The van der Waals surface area contributed by atoms with Gasteiger partial charge in [0, 0.05) is 12.2 Å². The van der Waals surface area contributed by atoms with E-state index < -0.39 is 0 Å². The smallest absolute Gasteiger partial charge is 0.183 e. The van der Waals surface area contributed by atoms with Crippen molar-refractivity contribution < 1.29 is 9.47 Å². The summed E-state index contributed by atoms with van der Waals surface area (Å²) in [5.41, 5.74) is 0. The Bertz CT molecular complexity index is 249. The van der Waals surface area contributed by atoms with E-state index in [4.69, 9.17) is 9.47 Å². The van der Waals surface area contributed by atoms with E-state index in [1.807, 2.05) is 0 Å². The highest BCUT2D eigenvalue weighted by molar-refractivity contribution is 7.99. The van der Waals surface area contributed by atoms with Gasteiger partial charge < -0.3 is 9.47 Å². The van der Waals surface area contributed by atoms with Gasteiger partial charge in [0.15, 0.2) is 11.4 Å². The summed E-state index contributed by atoms with van der Waals surface area (Å²) in [5.74, 6) is 0.930. The fourth-order valence-electron chi connectivity index (χ4n) is 1.22. The van der Waals surface area contributed by atoms with E-state index >= 15 is 0 Å². The normalized spacial score (nSPS) is 18.6. The predicted octanol–water partition coefficient (Wildman–Crippen LogP) is 1.05. The predicted molar refractivity (Wildman–Crippen MR) is 52.0 cm³/mol. The van der Waals surface area contributed by atoms with Crippen molar-refractivity contribution in [3.63, 3.8) is 0 Å². The Morgan fingerprint density at radius 3 is 3.07 bits per heavy atom. The molecule has 1 N–H and O–H groups in total. The van der Waals surface area contributed by atoms with E-state index in [-0.39, 0.29) is 6.29 Å². The molecule has 1 aliphatic heterocycles. The van der Waals surface area contributed by atoms with Crippen molar-refractivity contribution in [3.8, 4) is 0 Å². The third kappa shape index (κ3) is 2.97. The molecular weight excluding hydrogens is 202 g/mol. The summed E-state index contributed by atoms with van der Waals surface area (Å²) >= 11 is 1.63. The number of ether oxygens (including phenoxy) is 2. The third-order valence-corrected chi connectivity index (χ3v) is 2.79. The van der Waals surface area contributed by atoms with Gasteiger partial charge in [0.1, 0.15) is 6.33 Å². The maximum Gasteiger partial charge on any atom is 0.183 e. The van der Waals surface area contributed by atoms with Crippen molar-refractivity contribution in [1.29, 1.82) is 0 Å². The molecule has 14 heavy (non-hydrogen) atoms. The second kappa shape index (κ2) is 5.33. The first-order chi connectivity index (χ1) is 6.95. The number of rotatable bonds is 4. The minimum absolute atomic E-state index is 0.0285. The number of nitrogens with zero attached hydrogens (tertiary/aromatic N) is 2. The average Bonchev–Trinajstić information content (AvgIpc) is 2.72. The number of nitrogens with one attached hydrogen (secondary N) is 1. The number of hydrogen-bond acceptors (Lipinski definition) is 5. The third-order valence-electron chi connectivity index (χ3n) is 1.88. The molecule has 1 aromatic heterocycles. The SMILES string of the molecule is c1n[nH]c(SCCC2OCCCO2)n1. The van der Waals surface area contributed by atoms with Crippen LogP contribution in [0, 0.1) is 0 Å². The molecule has 6 heteroatoms. The molecule has 78 valence electrons. The van der Waals surface area contributed by atoms with Gasteiger partial charge in [-0.25, -0.2) is 4.98 Å². The summed E-state index contributed by atoms with van der Waals surface area (Å²) in [4.78, 5) is 4.01. The molecule has 0 unspecified atom stereocenters. The summed E-state index contributed by atoms with van der Waals surface area (Å²) < 4.78 is 10.8. The molecule has 1 aromatic rings. The van der Waals surface area contributed by atoms with E-state index in [9.17, 15) is 0 Å². The summed E-state index contributed by atoms with van der Waals surface area (Å²) in [6.07, 6.45) is 3.38. The number of aromatic amines is 1. The van der Waals surface area contributed by atoms with Crippen LogP contribution in [0.5, 0.6) is 0 Å². The van der Waals surface area contributed by atoms with Gasteiger partial charge in [-0.2, -0.15) is 5.10 Å². The Kier molecular flexibility index (Phi) is 3.79. The first-order valence-corrected chi connectivity index (χ1v) is 5.65. The number of H-pyrrole nitrogens is 1. The largest absolute Gasteiger partial charge is 0.353 e. The van der Waals surface area contributed by atoms with E-state index in [1.54, 1.807) is 11.8 Å². The zero-order chi connectivity index (χ0) is 9.64. The summed E-state index contributed by atoms with van der Waals surface area (Å²) in [6.45, 7) is 1.63. The monoisotopic (exact) mass is 215 g/mol. The van der Waals surface area contributed by atoms with Crippen molar-refractivity contribution in [2.24, 2.45) is 0 Å². The van der Waals surface area contributed by atoms with Crippen molar-refractivity contribution in [2.45, 2.75) is 24.3 Å². The van der Waals surface area contributed by atoms with Crippen molar-refractivity contribution >= 4 is 11.8 Å². The highest BCUT2D eigenvalue weighted by Gasteiger charge is 2.13. The first kappa shape index (κ1) is 9.95. The van der Waals surface area contributed by atoms with Crippen molar-refractivity contribution in [3.05, 3.63) is 6.33 Å². The molecule has 2 heterocycles. The lowest BCUT2D eigenvalue weighted by Crippen LogP contribution is -2.25. The zero-order valence-electron chi connectivity index (χ0n) is 7.81. The van der Waals surface area contributed by atoms with E-state index in [1.165, 1.54) is 6.33 Å². The minimum atomic E-state index is -0.0285. The Balaban J connectivity index is 1.62. The summed E-state index contributed by atoms with van der Waals surface area (Å²) in [5, 5.41) is 7.41. The van der Waals surface area contributed by atoms with Crippen LogP contribution in [-0.4, -0.2) is 40.4 Å². The molecular formula is C8H13N3O2S. The molecule has 0 amide bonds. The van der Waals surface area contributed by atoms with Crippen LogP contribution in [-0.2, 0) is 9.47 Å². The van der Waals surface area contributed by atoms with Crippen LogP contribution in [0.1, 0.15) is 12.8 Å². The van der Waals surface area contributed by atoms with Gasteiger partial charge in [0.2, 0.25) is 0 Å². The molecule has 0 spiro atoms. The Labute approximate surface area is 86.6 Å². The molecule has 1 aliphatic rings. The lowest BCUT2D eigenvalue weighted by molar-refractivity contribution is -0.178. The second-order valence-electron chi connectivity index (χ2n) is 2.95. The molecule has 1 saturated heterocycles. The van der Waals surface area contributed by atoms with Crippen LogP contribution in [0.15, 0.2) is 11.5 Å². The maximum absolute atomic E-state index is 5.42. The molecule has 1 fully saturated rings. The number of hydrogen-bond donors (Lipinski definition) is 1. The van der Waals surface area contributed by atoms with Crippen LogP contribution < -0.4 is 0 Å². The van der Waals surface area contributed by atoms with Gasteiger partial charge in [0.05, 0.1) is 13.2 Å². The quantitative estimate of drug-likeness (QED) is 0.761. The molecule has 0 bridgehead atoms. The summed E-state index contributed by atoms with van der Waals surface area (Å²) in [6, 6.07) is 0. The zero-order valence-corrected chi connectivity index (χ0v) is 8.63.